The second-order valence-electron chi connectivity index (χ2n) is 4.72. The molecule has 2 rings (SSSR count). The van der Waals surface area contributed by atoms with E-state index in [4.69, 9.17) is 11.6 Å². The molecule has 0 spiro atoms. The normalized spacial score (nSPS) is 22.2. The molecule has 1 aromatic rings. The molecule has 0 unspecified atom stereocenters. The Kier molecular flexibility index (Phi) is 4.44. The lowest BCUT2D eigenvalue weighted by Crippen LogP contribution is -2.40. The van der Waals surface area contributed by atoms with Crippen LogP contribution in [0.4, 0.5) is 0 Å². The van der Waals surface area contributed by atoms with E-state index < -0.39 is 25.9 Å². The quantitative estimate of drug-likeness (QED) is 0.835. The highest BCUT2D eigenvalue weighted by molar-refractivity contribution is 7.92. The zero-order valence-corrected chi connectivity index (χ0v) is 13.4. The van der Waals surface area contributed by atoms with Crippen molar-refractivity contribution in [2.24, 2.45) is 0 Å². The van der Waals surface area contributed by atoms with Crippen LogP contribution >= 0.6 is 11.6 Å². The third-order valence-corrected chi connectivity index (χ3v) is 7.39. The van der Waals surface area contributed by atoms with Crippen molar-refractivity contribution in [1.82, 2.24) is 4.31 Å². The van der Waals surface area contributed by atoms with Gasteiger partial charge in [-0.3, -0.25) is 0 Å². The zero-order valence-electron chi connectivity index (χ0n) is 11.0. The largest absolute Gasteiger partial charge is 0.243 e. The molecule has 0 aromatic heterocycles. The number of sulfone groups is 1. The lowest BCUT2D eigenvalue weighted by Gasteiger charge is -2.25. The summed E-state index contributed by atoms with van der Waals surface area (Å²) in [4.78, 5) is 0.132. The fourth-order valence-electron chi connectivity index (χ4n) is 2.37. The lowest BCUT2D eigenvalue weighted by atomic mass is 10.3. The number of sulfonamides is 1. The van der Waals surface area contributed by atoms with Crippen molar-refractivity contribution >= 4 is 31.5 Å². The highest BCUT2D eigenvalue weighted by atomic mass is 35.5. The Balaban J connectivity index is 2.33. The Hall–Kier alpha value is -0.630. The van der Waals surface area contributed by atoms with E-state index in [0.717, 1.165) is 0 Å². The van der Waals surface area contributed by atoms with Crippen LogP contribution in [0.5, 0.6) is 0 Å². The van der Waals surface area contributed by atoms with Crippen LogP contribution in [-0.2, 0) is 19.9 Å². The van der Waals surface area contributed by atoms with Crippen LogP contribution in [0.25, 0.3) is 0 Å². The molecule has 1 aromatic carbocycles. The molecular formula is C12H16ClNO4S2. The summed E-state index contributed by atoms with van der Waals surface area (Å²) >= 11 is 5.75. The first kappa shape index (κ1) is 15.8. The van der Waals surface area contributed by atoms with Crippen molar-refractivity contribution in [3.05, 3.63) is 29.3 Å². The second-order valence-corrected chi connectivity index (χ2v) is 9.27. The average Bonchev–Trinajstić information content (AvgIpc) is 2.70. The number of nitrogens with zero attached hydrogens (tertiary/aromatic N) is 1. The molecule has 5 nitrogen and oxygen atoms in total. The maximum absolute atomic E-state index is 12.6. The molecule has 1 aliphatic rings. The summed E-state index contributed by atoms with van der Waals surface area (Å²) in [6.45, 7) is 1.95. The number of benzene rings is 1. The Morgan fingerprint density at radius 3 is 2.35 bits per heavy atom. The van der Waals surface area contributed by atoms with Crippen molar-refractivity contribution in [2.45, 2.75) is 24.3 Å². The van der Waals surface area contributed by atoms with Crippen LogP contribution in [-0.4, -0.2) is 45.2 Å². The molecule has 1 atom stereocenters. The van der Waals surface area contributed by atoms with Gasteiger partial charge in [0, 0.05) is 17.6 Å². The minimum Gasteiger partial charge on any atom is -0.229 e. The summed E-state index contributed by atoms with van der Waals surface area (Å²) in [5, 5.41) is 0.454. The van der Waals surface area contributed by atoms with Gasteiger partial charge in [0.15, 0.2) is 9.84 Å². The third kappa shape index (κ3) is 3.16. The van der Waals surface area contributed by atoms with E-state index in [-0.39, 0.29) is 22.9 Å². The van der Waals surface area contributed by atoms with Gasteiger partial charge in [0.2, 0.25) is 10.0 Å². The molecular weight excluding hydrogens is 322 g/mol. The summed E-state index contributed by atoms with van der Waals surface area (Å²) in [7, 11) is -6.82. The monoisotopic (exact) mass is 337 g/mol. The van der Waals surface area contributed by atoms with Gasteiger partial charge in [-0.05, 0) is 30.7 Å². The number of halogens is 1. The van der Waals surface area contributed by atoms with Crippen molar-refractivity contribution in [3.8, 4) is 0 Å². The van der Waals surface area contributed by atoms with Crippen molar-refractivity contribution in [1.29, 1.82) is 0 Å². The Morgan fingerprint density at radius 2 is 1.90 bits per heavy atom. The minimum absolute atomic E-state index is 0.0459. The van der Waals surface area contributed by atoms with E-state index in [1.54, 1.807) is 6.92 Å². The van der Waals surface area contributed by atoms with Gasteiger partial charge in [-0.2, -0.15) is 4.31 Å². The highest BCUT2D eigenvalue weighted by Gasteiger charge is 2.37. The summed E-state index contributed by atoms with van der Waals surface area (Å²) < 4.78 is 49.4. The molecule has 112 valence electrons. The number of rotatable bonds is 4. The van der Waals surface area contributed by atoms with Crippen LogP contribution in [0, 0.1) is 0 Å². The Morgan fingerprint density at radius 1 is 1.30 bits per heavy atom. The maximum Gasteiger partial charge on any atom is 0.243 e. The standard InChI is InChI=1S/C12H16ClNO4S2/c1-2-14(11-7-8-19(15,16)9-11)20(17,18)12-5-3-10(13)4-6-12/h3-6,11H,2,7-9H2,1H3/t11-/m1/s1. The third-order valence-electron chi connectivity index (χ3n) is 3.35. The van der Waals surface area contributed by atoms with Crippen LogP contribution < -0.4 is 0 Å². The fraction of sp³-hybridized carbons (Fsp3) is 0.500. The predicted octanol–water partition coefficient (Wildman–Crippen LogP) is 1.54. The van der Waals surface area contributed by atoms with Crippen LogP contribution in [0.3, 0.4) is 0 Å². The first-order valence-electron chi connectivity index (χ1n) is 6.24. The van der Waals surface area contributed by atoms with Gasteiger partial charge in [-0.15, -0.1) is 0 Å². The van der Waals surface area contributed by atoms with Gasteiger partial charge >= 0.3 is 0 Å². The molecule has 0 saturated carbocycles. The van der Waals surface area contributed by atoms with Crippen molar-refractivity contribution in [3.63, 3.8) is 0 Å². The topological polar surface area (TPSA) is 71.5 Å². The SMILES string of the molecule is CCN([C@@H]1CCS(=O)(=O)C1)S(=O)(=O)c1ccc(Cl)cc1. The van der Waals surface area contributed by atoms with E-state index in [9.17, 15) is 16.8 Å². The average molecular weight is 338 g/mol. The Labute approximate surface area is 124 Å². The van der Waals surface area contributed by atoms with Gasteiger partial charge in [-0.1, -0.05) is 18.5 Å². The highest BCUT2D eigenvalue weighted by Crippen LogP contribution is 2.25. The van der Waals surface area contributed by atoms with E-state index in [0.29, 0.717) is 11.4 Å². The number of hydrogen-bond acceptors (Lipinski definition) is 4. The van der Waals surface area contributed by atoms with Crippen LogP contribution in [0.1, 0.15) is 13.3 Å². The van der Waals surface area contributed by atoms with Gasteiger partial charge in [-0.25, -0.2) is 16.8 Å². The summed E-state index contributed by atoms with van der Waals surface area (Å²) in [5.74, 6) is -0.0576. The molecule has 1 saturated heterocycles. The molecule has 8 heteroatoms. The van der Waals surface area contributed by atoms with Gasteiger partial charge in [0.05, 0.1) is 16.4 Å². The van der Waals surface area contributed by atoms with Gasteiger partial charge < -0.3 is 0 Å². The molecule has 1 fully saturated rings. The molecule has 1 aliphatic heterocycles. The smallest absolute Gasteiger partial charge is 0.229 e. The van der Waals surface area contributed by atoms with E-state index in [1.807, 2.05) is 0 Å². The lowest BCUT2D eigenvalue weighted by molar-refractivity contribution is 0.354. The number of hydrogen-bond donors (Lipinski definition) is 0. The van der Waals surface area contributed by atoms with E-state index >= 15 is 0 Å². The maximum atomic E-state index is 12.6. The van der Waals surface area contributed by atoms with E-state index in [2.05, 4.69) is 0 Å². The summed E-state index contributed by atoms with van der Waals surface area (Å²) in [5.41, 5.74) is 0. The minimum atomic E-state index is -3.69. The molecule has 0 radical (unpaired) electrons. The molecule has 0 amide bonds. The fourth-order valence-corrected chi connectivity index (χ4v) is 5.98. The van der Waals surface area contributed by atoms with Gasteiger partial charge in [0.25, 0.3) is 0 Å². The predicted molar refractivity (Wildman–Crippen MR) is 78.1 cm³/mol. The zero-order chi connectivity index (χ0) is 15.0. The molecule has 1 heterocycles. The molecule has 0 N–H and O–H groups in total. The van der Waals surface area contributed by atoms with Crippen molar-refractivity contribution < 1.29 is 16.8 Å². The summed E-state index contributed by atoms with van der Waals surface area (Å²) in [6, 6.07) is 5.40. The van der Waals surface area contributed by atoms with Crippen molar-refractivity contribution in [2.75, 3.05) is 18.1 Å². The first-order chi connectivity index (χ1) is 9.26. The van der Waals surface area contributed by atoms with E-state index in [1.165, 1.54) is 28.6 Å². The summed E-state index contributed by atoms with van der Waals surface area (Å²) in [6.07, 6.45) is 0.350. The van der Waals surface area contributed by atoms with Crippen LogP contribution in [0.15, 0.2) is 29.2 Å². The molecule has 0 aliphatic carbocycles. The molecule has 20 heavy (non-hydrogen) atoms. The first-order valence-corrected chi connectivity index (χ1v) is 9.88. The molecule has 0 bridgehead atoms. The second kappa shape index (κ2) is 5.63. The van der Waals surface area contributed by atoms with Gasteiger partial charge in [0.1, 0.15) is 0 Å². The Bertz CT molecular complexity index is 683. The van der Waals surface area contributed by atoms with Crippen LogP contribution in [0.2, 0.25) is 5.02 Å².